The van der Waals surface area contributed by atoms with Gasteiger partial charge in [-0.05, 0) is 0 Å². The quantitative estimate of drug-likeness (QED) is 0.305. The van der Waals surface area contributed by atoms with Crippen molar-refractivity contribution in [3.8, 4) is 0 Å². The summed E-state index contributed by atoms with van der Waals surface area (Å²) in [5, 5.41) is 0. The standard InChI is InChI=1S/Al.H3O4P.H2O.Pb.5H/c;1-5(2,3)4;;;;;;;/h;(H3,1,2,3,4);1H2;;;;;;. The van der Waals surface area contributed by atoms with Crippen LogP contribution >= 0.6 is 7.82 Å². The van der Waals surface area contributed by atoms with Gasteiger partial charge in [-0.2, -0.15) is 0 Å². The summed E-state index contributed by atoms with van der Waals surface area (Å²) in [5.74, 6) is 0. The van der Waals surface area contributed by atoms with Crippen LogP contribution in [0.4, 0.5) is 0 Å². The second-order valence-electron chi connectivity index (χ2n) is 0.513. The van der Waals surface area contributed by atoms with E-state index in [1.807, 2.05) is 0 Å². The van der Waals surface area contributed by atoms with E-state index in [1.54, 1.807) is 0 Å². The van der Waals surface area contributed by atoms with Crippen LogP contribution in [-0.2, 0) is 4.57 Å². The van der Waals surface area contributed by atoms with Gasteiger partial charge in [0.05, 0.1) is 0 Å². The zero-order valence-corrected chi connectivity index (χ0v) is 9.80. The number of hydrogen-bond acceptors (Lipinski definition) is 1. The first-order chi connectivity index (χ1) is 2.00. The molecular weight excluding hydrogens is 345 g/mol. The van der Waals surface area contributed by atoms with E-state index in [9.17, 15) is 0 Å². The van der Waals surface area contributed by atoms with Crippen LogP contribution in [0.1, 0.15) is 0 Å². The predicted octanol–water partition coefficient (Wildman–Crippen LogP) is -3.85. The molecule has 0 fully saturated rings. The zero-order chi connectivity index (χ0) is 4.50. The van der Waals surface area contributed by atoms with Crippen LogP contribution in [0.25, 0.3) is 0 Å². The molecule has 0 bridgehead atoms. The molecule has 0 aliphatic heterocycles. The minimum absolute atomic E-state index is 0. The van der Waals surface area contributed by atoms with Crippen LogP contribution in [0, 0.1) is 0 Å². The van der Waals surface area contributed by atoms with Crippen LogP contribution in [0.2, 0.25) is 0 Å². The monoisotopic (exact) mass is 356 g/mol. The number of phosphoric acid groups is 1. The predicted molar refractivity (Wildman–Crippen MR) is 36.4 cm³/mol. The fourth-order valence-electron chi connectivity index (χ4n) is 0. The summed E-state index contributed by atoms with van der Waals surface area (Å²) in [4.78, 5) is 21.6. The van der Waals surface area contributed by atoms with Crippen molar-refractivity contribution in [2.24, 2.45) is 0 Å². The fourth-order valence-corrected chi connectivity index (χ4v) is 0. The molecule has 0 saturated heterocycles. The summed E-state index contributed by atoms with van der Waals surface area (Å²) in [6.07, 6.45) is 0. The second-order valence-corrected chi connectivity index (χ2v) is 1.54. The molecule has 0 aliphatic rings. The summed E-state index contributed by atoms with van der Waals surface area (Å²) in [5.41, 5.74) is 0. The van der Waals surface area contributed by atoms with Crippen molar-refractivity contribution >= 4 is 52.5 Å². The molecule has 0 unspecified atom stereocenters. The first-order valence-electron chi connectivity index (χ1n) is 0.783. The summed E-state index contributed by atoms with van der Waals surface area (Å²) in [6, 6.07) is 0. The number of hydrogen-bond donors (Lipinski definition) is 3. The van der Waals surface area contributed by atoms with Gasteiger partial charge in [0.2, 0.25) is 0 Å². The Morgan fingerprint density at radius 1 is 1.12 bits per heavy atom. The van der Waals surface area contributed by atoms with Crippen molar-refractivity contribution in [3.63, 3.8) is 0 Å². The van der Waals surface area contributed by atoms with Crippen molar-refractivity contribution in [2.45, 2.75) is 0 Å². The van der Waals surface area contributed by atoms with Crippen molar-refractivity contribution < 1.29 is 24.7 Å². The average molecular weight is 355 g/mol. The van der Waals surface area contributed by atoms with E-state index in [1.165, 1.54) is 0 Å². The molecular formula is H10AlO5PPb. The van der Waals surface area contributed by atoms with Crippen LogP contribution in [-0.4, -0.2) is 64.8 Å². The van der Waals surface area contributed by atoms with E-state index in [2.05, 4.69) is 0 Å². The van der Waals surface area contributed by atoms with E-state index in [0.717, 1.165) is 0 Å². The van der Waals surface area contributed by atoms with Crippen molar-refractivity contribution in [2.75, 3.05) is 0 Å². The molecule has 0 aromatic rings. The van der Waals surface area contributed by atoms with Gasteiger partial charge in [0.1, 0.15) is 0 Å². The number of rotatable bonds is 0. The third-order valence-corrected chi connectivity index (χ3v) is 0. The Morgan fingerprint density at radius 2 is 1.12 bits per heavy atom. The van der Waals surface area contributed by atoms with Gasteiger partial charge in [0, 0.05) is 0 Å². The van der Waals surface area contributed by atoms with Gasteiger partial charge < -0.3 is 20.2 Å². The van der Waals surface area contributed by atoms with Crippen LogP contribution in [0.15, 0.2) is 0 Å². The Labute approximate surface area is 76.9 Å². The molecule has 5 nitrogen and oxygen atoms in total. The van der Waals surface area contributed by atoms with Gasteiger partial charge in [0.25, 0.3) is 0 Å². The zero-order valence-electron chi connectivity index (χ0n) is 3.40. The van der Waals surface area contributed by atoms with Crippen LogP contribution in [0.3, 0.4) is 0 Å². The van der Waals surface area contributed by atoms with Gasteiger partial charge in [-0.3, -0.25) is 0 Å². The molecule has 0 aromatic carbocycles. The van der Waals surface area contributed by atoms with Crippen molar-refractivity contribution in [1.29, 1.82) is 0 Å². The van der Waals surface area contributed by atoms with Gasteiger partial charge in [0.15, 0.2) is 17.4 Å². The molecule has 2 radical (unpaired) electrons. The van der Waals surface area contributed by atoms with Gasteiger partial charge >= 0.3 is 35.1 Å². The van der Waals surface area contributed by atoms with E-state index < -0.39 is 7.82 Å². The SMILES string of the molecule is O.O=P(O)(O)O.[AlH3].[PbH2]. The Balaban J connectivity index is -0.0000000267. The Hall–Kier alpha value is 1.52. The molecule has 0 spiro atoms. The van der Waals surface area contributed by atoms with E-state index in [0.29, 0.717) is 0 Å². The van der Waals surface area contributed by atoms with Gasteiger partial charge in [-0.1, -0.05) is 0 Å². The molecule has 5 N–H and O–H groups in total. The Bertz CT molecular complexity index is 58.6. The third kappa shape index (κ3) is 138. The second kappa shape index (κ2) is 8.52. The van der Waals surface area contributed by atoms with Gasteiger partial charge in [-0.15, -0.1) is 0 Å². The topological polar surface area (TPSA) is 109 Å². The average Bonchev–Trinajstić information content (AvgIpc) is 0.722. The van der Waals surface area contributed by atoms with Crippen LogP contribution < -0.4 is 0 Å². The molecule has 0 amide bonds. The molecule has 0 heterocycles. The van der Waals surface area contributed by atoms with E-state index in [-0.39, 0.29) is 50.1 Å². The first-order valence-corrected chi connectivity index (χ1v) is 2.35. The summed E-state index contributed by atoms with van der Waals surface area (Å²) >= 11 is 0. The summed E-state index contributed by atoms with van der Waals surface area (Å²) < 4.78 is 8.88. The summed E-state index contributed by atoms with van der Waals surface area (Å²) in [7, 11) is -4.64. The maximum absolute atomic E-state index is 8.88. The molecule has 8 heteroatoms. The molecule has 0 rings (SSSR count). The van der Waals surface area contributed by atoms with E-state index >= 15 is 0 Å². The normalized spacial score (nSPS) is 7.38. The molecule has 0 aliphatic carbocycles. The third-order valence-electron chi connectivity index (χ3n) is 0. The maximum atomic E-state index is 8.88. The van der Waals surface area contributed by atoms with Crippen molar-refractivity contribution in [3.05, 3.63) is 0 Å². The van der Waals surface area contributed by atoms with Crippen molar-refractivity contribution in [1.82, 2.24) is 0 Å². The van der Waals surface area contributed by atoms with Gasteiger partial charge in [-0.25, -0.2) is 4.57 Å². The molecule has 0 saturated carbocycles. The summed E-state index contributed by atoms with van der Waals surface area (Å²) in [6.45, 7) is 0. The molecule has 0 atom stereocenters. The Kier molecular flexibility index (Phi) is 24.2. The molecule has 8 heavy (non-hydrogen) atoms. The Morgan fingerprint density at radius 3 is 1.12 bits per heavy atom. The molecule has 0 aromatic heterocycles. The van der Waals surface area contributed by atoms with Crippen LogP contribution in [0.5, 0.6) is 0 Å². The van der Waals surface area contributed by atoms with E-state index in [4.69, 9.17) is 19.2 Å². The minimum atomic E-state index is -4.64. The fraction of sp³-hybridized carbons (Fsp3) is 0. The first kappa shape index (κ1) is 22.7. The molecule has 52 valence electrons.